The van der Waals surface area contributed by atoms with Crippen LogP contribution in [-0.2, 0) is 12.4 Å². The zero-order valence-electron chi connectivity index (χ0n) is 12.4. The van der Waals surface area contributed by atoms with Gasteiger partial charge in [-0.15, -0.1) is 10.2 Å². The molecule has 0 spiro atoms. The standard InChI is InChI=1S/C15H13ClFN5OS/c16-14-10(2-1-7-19-14)9-24-15-21-20-13(22(15)18)8-23-12-5-3-11(17)4-6-12/h1-7H,8-9,18H2. The molecule has 3 rings (SSSR count). The fourth-order valence-electron chi connectivity index (χ4n) is 1.85. The summed E-state index contributed by atoms with van der Waals surface area (Å²) < 4.78 is 19.7. The van der Waals surface area contributed by atoms with Crippen molar-refractivity contribution in [2.75, 3.05) is 5.84 Å². The minimum absolute atomic E-state index is 0.128. The van der Waals surface area contributed by atoms with Gasteiger partial charge in [0.2, 0.25) is 5.16 Å². The fraction of sp³-hybridized carbons (Fsp3) is 0.133. The third kappa shape index (κ3) is 3.95. The van der Waals surface area contributed by atoms with E-state index in [1.165, 1.54) is 40.7 Å². The van der Waals surface area contributed by atoms with Gasteiger partial charge in [0.25, 0.3) is 0 Å². The Morgan fingerprint density at radius 1 is 1.21 bits per heavy atom. The Hall–Kier alpha value is -2.32. The first-order valence-electron chi connectivity index (χ1n) is 6.93. The first kappa shape index (κ1) is 16.5. The van der Waals surface area contributed by atoms with E-state index in [-0.39, 0.29) is 12.4 Å². The number of thioether (sulfide) groups is 1. The van der Waals surface area contributed by atoms with Gasteiger partial charge in [0, 0.05) is 11.9 Å². The molecule has 0 aliphatic rings. The van der Waals surface area contributed by atoms with Crippen LogP contribution >= 0.6 is 23.4 Å². The van der Waals surface area contributed by atoms with Crippen LogP contribution in [0.25, 0.3) is 0 Å². The lowest BCUT2D eigenvalue weighted by Gasteiger charge is -2.06. The van der Waals surface area contributed by atoms with Crippen molar-refractivity contribution in [1.82, 2.24) is 19.9 Å². The van der Waals surface area contributed by atoms with E-state index in [1.807, 2.05) is 12.1 Å². The van der Waals surface area contributed by atoms with E-state index in [0.717, 1.165) is 5.56 Å². The van der Waals surface area contributed by atoms with Gasteiger partial charge in [-0.05, 0) is 35.9 Å². The summed E-state index contributed by atoms with van der Waals surface area (Å²) in [5.74, 6) is 7.21. The summed E-state index contributed by atoms with van der Waals surface area (Å²) in [6.07, 6.45) is 1.63. The summed E-state index contributed by atoms with van der Waals surface area (Å²) in [6.45, 7) is 0.128. The molecule has 0 saturated carbocycles. The van der Waals surface area contributed by atoms with Gasteiger partial charge in [-0.25, -0.2) is 14.1 Å². The number of hydrogen-bond donors (Lipinski definition) is 1. The Labute approximate surface area is 146 Å². The lowest BCUT2D eigenvalue weighted by molar-refractivity contribution is 0.291. The minimum Gasteiger partial charge on any atom is -0.486 e. The largest absolute Gasteiger partial charge is 0.486 e. The predicted molar refractivity (Wildman–Crippen MR) is 89.7 cm³/mol. The summed E-state index contributed by atoms with van der Waals surface area (Å²) in [5.41, 5.74) is 0.885. The molecule has 3 aromatic rings. The summed E-state index contributed by atoms with van der Waals surface area (Å²) in [4.78, 5) is 4.02. The molecule has 24 heavy (non-hydrogen) atoms. The first-order valence-corrected chi connectivity index (χ1v) is 8.30. The van der Waals surface area contributed by atoms with Crippen LogP contribution in [0.2, 0.25) is 5.15 Å². The van der Waals surface area contributed by atoms with Crippen LogP contribution in [0, 0.1) is 5.82 Å². The summed E-state index contributed by atoms with van der Waals surface area (Å²) in [7, 11) is 0. The Bertz CT molecular complexity index is 827. The van der Waals surface area contributed by atoms with Gasteiger partial charge in [-0.2, -0.15) is 0 Å². The summed E-state index contributed by atoms with van der Waals surface area (Å²) in [6, 6.07) is 9.41. The lowest BCUT2D eigenvalue weighted by Crippen LogP contribution is -2.15. The van der Waals surface area contributed by atoms with E-state index in [0.29, 0.717) is 27.6 Å². The van der Waals surface area contributed by atoms with Gasteiger partial charge < -0.3 is 10.6 Å². The quantitative estimate of drug-likeness (QED) is 0.411. The number of nitrogen functional groups attached to an aromatic ring is 1. The van der Waals surface area contributed by atoms with Crippen LogP contribution in [0.3, 0.4) is 0 Å². The molecule has 2 heterocycles. The van der Waals surface area contributed by atoms with Gasteiger partial charge in [0.15, 0.2) is 5.82 Å². The highest BCUT2D eigenvalue weighted by atomic mass is 35.5. The number of rotatable bonds is 6. The van der Waals surface area contributed by atoms with Crippen molar-refractivity contribution in [3.63, 3.8) is 0 Å². The Balaban J connectivity index is 1.61. The van der Waals surface area contributed by atoms with E-state index < -0.39 is 0 Å². The molecule has 0 saturated heterocycles. The van der Waals surface area contributed by atoms with Crippen molar-refractivity contribution < 1.29 is 9.13 Å². The van der Waals surface area contributed by atoms with Gasteiger partial charge in [0.05, 0.1) is 0 Å². The molecule has 6 nitrogen and oxygen atoms in total. The molecule has 0 bridgehead atoms. The number of benzene rings is 1. The number of ether oxygens (including phenoxy) is 1. The number of halogens is 2. The van der Waals surface area contributed by atoms with Gasteiger partial charge in [-0.3, -0.25) is 0 Å². The maximum Gasteiger partial charge on any atom is 0.210 e. The van der Waals surface area contributed by atoms with Gasteiger partial charge in [-0.1, -0.05) is 29.4 Å². The third-order valence-electron chi connectivity index (χ3n) is 3.11. The number of nitrogens with two attached hydrogens (primary N) is 1. The molecule has 0 amide bonds. The number of aromatic nitrogens is 4. The fourth-order valence-corrected chi connectivity index (χ4v) is 2.98. The Morgan fingerprint density at radius 2 is 2.00 bits per heavy atom. The predicted octanol–water partition coefficient (Wildman–Crippen LogP) is 3.05. The van der Waals surface area contributed by atoms with Crippen LogP contribution in [0.1, 0.15) is 11.4 Å². The van der Waals surface area contributed by atoms with Gasteiger partial charge >= 0.3 is 0 Å². The van der Waals surface area contributed by atoms with Crippen LogP contribution in [0.15, 0.2) is 47.8 Å². The summed E-state index contributed by atoms with van der Waals surface area (Å²) >= 11 is 7.41. The zero-order chi connectivity index (χ0) is 16.9. The SMILES string of the molecule is Nn1c(COc2ccc(F)cc2)nnc1SCc1cccnc1Cl. The van der Waals surface area contributed by atoms with E-state index in [1.54, 1.807) is 6.20 Å². The second-order valence-corrected chi connectivity index (χ2v) is 6.05. The third-order valence-corrected chi connectivity index (χ3v) is 4.44. The average Bonchev–Trinajstić information content (AvgIpc) is 2.94. The van der Waals surface area contributed by atoms with Crippen molar-refractivity contribution in [2.24, 2.45) is 0 Å². The first-order chi connectivity index (χ1) is 11.6. The van der Waals surface area contributed by atoms with Crippen LogP contribution in [0.5, 0.6) is 5.75 Å². The summed E-state index contributed by atoms with van der Waals surface area (Å²) in [5, 5.41) is 9.02. The molecule has 2 aromatic heterocycles. The molecule has 124 valence electrons. The van der Waals surface area contributed by atoms with Crippen molar-refractivity contribution >= 4 is 23.4 Å². The topological polar surface area (TPSA) is 78.9 Å². The lowest BCUT2D eigenvalue weighted by atomic mass is 10.3. The number of pyridine rings is 1. The molecule has 0 atom stereocenters. The molecule has 1 aromatic carbocycles. The molecule has 9 heteroatoms. The number of nitrogens with zero attached hydrogens (tertiary/aromatic N) is 4. The molecule has 0 aliphatic heterocycles. The van der Waals surface area contributed by atoms with Crippen LogP contribution in [0.4, 0.5) is 4.39 Å². The smallest absolute Gasteiger partial charge is 0.210 e. The van der Waals surface area contributed by atoms with E-state index in [4.69, 9.17) is 22.2 Å². The van der Waals surface area contributed by atoms with Crippen molar-refractivity contribution in [1.29, 1.82) is 0 Å². The monoisotopic (exact) mass is 365 g/mol. The molecule has 0 fully saturated rings. The molecular formula is C15H13ClFN5OS. The maximum absolute atomic E-state index is 12.9. The maximum atomic E-state index is 12.9. The Kier molecular flexibility index (Phi) is 5.17. The van der Waals surface area contributed by atoms with Crippen LogP contribution < -0.4 is 10.6 Å². The van der Waals surface area contributed by atoms with Crippen molar-refractivity contribution in [3.8, 4) is 5.75 Å². The number of hydrogen-bond acceptors (Lipinski definition) is 6. The normalized spacial score (nSPS) is 10.8. The Morgan fingerprint density at radius 3 is 2.75 bits per heavy atom. The van der Waals surface area contributed by atoms with E-state index >= 15 is 0 Å². The van der Waals surface area contributed by atoms with E-state index in [9.17, 15) is 4.39 Å². The second-order valence-electron chi connectivity index (χ2n) is 4.75. The highest BCUT2D eigenvalue weighted by Crippen LogP contribution is 2.24. The molecule has 0 radical (unpaired) electrons. The van der Waals surface area contributed by atoms with Crippen molar-refractivity contribution in [3.05, 3.63) is 65.0 Å². The van der Waals surface area contributed by atoms with Crippen molar-refractivity contribution in [2.45, 2.75) is 17.5 Å². The van der Waals surface area contributed by atoms with Crippen LogP contribution in [-0.4, -0.2) is 19.9 Å². The average molecular weight is 366 g/mol. The highest BCUT2D eigenvalue weighted by molar-refractivity contribution is 7.98. The van der Waals surface area contributed by atoms with Gasteiger partial charge in [0.1, 0.15) is 23.3 Å². The van der Waals surface area contributed by atoms with E-state index in [2.05, 4.69) is 15.2 Å². The zero-order valence-corrected chi connectivity index (χ0v) is 14.0. The molecule has 2 N–H and O–H groups in total. The highest BCUT2D eigenvalue weighted by Gasteiger charge is 2.12. The molecule has 0 unspecified atom stereocenters. The minimum atomic E-state index is -0.322. The second kappa shape index (κ2) is 7.50. The molecular weight excluding hydrogens is 353 g/mol. The molecule has 0 aliphatic carbocycles.